The molecule has 106 valence electrons. The Bertz CT molecular complexity index is 712. The summed E-state index contributed by atoms with van der Waals surface area (Å²) in [5.41, 5.74) is 6.45. The van der Waals surface area contributed by atoms with Crippen LogP contribution in [0.1, 0.15) is 6.92 Å². The van der Waals surface area contributed by atoms with Crippen LogP contribution in [0.15, 0.2) is 51.2 Å². The number of rotatable bonds is 5. The van der Waals surface area contributed by atoms with Crippen LogP contribution in [0.2, 0.25) is 0 Å². The van der Waals surface area contributed by atoms with E-state index in [1.165, 1.54) is 6.92 Å². The smallest absolute Gasteiger partial charge is 0.277 e. The summed E-state index contributed by atoms with van der Waals surface area (Å²) in [6.45, 7) is 1.52. The van der Waals surface area contributed by atoms with Gasteiger partial charge in [-0.05, 0) is 19.1 Å². The number of hydrogen-bond acceptors (Lipinski definition) is 7. The SMILES string of the molecule is CC(N)=C(C#N)C(=O)CSc1nnc(-c2ccccc2)o1. The molecule has 6 nitrogen and oxygen atoms in total. The molecule has 1 aromatic carbocycles. The molecule has 1 aromatic heterocycles. The monoisotopic (exact) mass is 300 g/mol. The molecule has 1 heterocycles. The number of allylic oxidation sites excluding steroid dienone is 2. The Labute approximate surface area is 125 Å². The highest BCUT2D eigenvalue weighted by atomic mass is 32.2. The molecule has 0 amide bonds. The van der Waals surface area contributed by atoms with Crippen LogP contribution in [0.4, 0.5) is 0 Å². The van der Waals surface area contributed by atoms with Crippen molar-refractivity contribution in [2.75, 3.05) is 5.75 Å². The van der Waals surface area contributed by atoms with Crippen molar-refractivity contribution in [3.63, 3.8) is 0 Å². The third kappa shape index (κ3) is 3.70. The lowest BCUT2D eigenvalue weighted by Gasteiger charge is -1.98. The van der Waals surface area contributed by atoms with Crippen molar-refractivity contribution in [2.45, 2.75) is 12.1 Å². The van der Waals surface area contributed by atoms with Crippen molar-refractivity contribution in [2.24, 2.45) is 5.73 Å². The highest BCUT2D eigenvalue weighted by Crippen LogP contribution is 2.23. The number of ketones is 1. The topological polar surface area (TPSA) is 106 Å². The fourth-order valence-electron chi connectivity index (χ4n) is 1.54. The molecule has 0 atom stereocenters. The Morgan fingerprint density at radius 2 is 2.10 bits per heavy atom. The molecule has 0 saturated heterocycles. The second-order valence-electron chi connectivity index (χ2n) is 4.12. The van der Waals surface area contributed by atoms with E-state index in [1.807, 2.05) is 30.3 Å². The number of benzene rings is 1. The van der Waals surface area contributed by atoms with E-state index < -0.39 is 0 Å². The van der Waals surface area contributed by atoms with Gasteiger partial charge >= 0.3 is 0 Å². The lowest BCUT2D eigenvalue weighted by molar-refractivity contribution is -0.112. The third-order valence-corrected chi connectivity index (χ3v) is 3.36. The maximum atomic E-state index is 11.8. The van der Waals surface area contributed by atoms with Crippen LogP contribution in [0, 0.1) is 11.3 Å². The quantitative estimate of drug-likeness (QED) is 0.512. The van der Waals surface area contributed by atoms with Gasteiger partial charge in [0, 0.05) is 11.3 Å². The molecule has 0 aliphatic carbocycles. The molecule has 0 saturated carbocycles. The van der Waals surface area contributed by atoms with Crippen LogP contribution in [-0.2, 0) is 4.79 Å². The van der Waals surface area contributed by atoms with Gasteiger partial charge in [0.2, 0.25) is 5.89 Å². The van der Waals surface area contributed by atoms with E-state index in [0.717, 1.165) is 17.3 Å². The molecule has 7 heteroatoms. The van der Waals surface area contributed by atoms with Gasteiger partial charge in [0.25, 0.3) is 5.22 Å². The summed E-state index contributed by atoms with van der Waals surface area (Å²) in [5.74, 6) is 0.0481. The second kappa shape index (κ2) is 6.72. The zero-order valence-electron chi connectivity index (χ0n) is 11.2. The van der Waals surface area contributed by atoms with E-state index in [-0.39, 0.29) is 28.0 Å². The molecule has 0 bridgehead atoms. The molecule has 0 aliphatic rings. The zero-order valence-corrected chi connectivity index (χ0v) is 12.1. The fourth-order valence-corrected chi connectivity index (χ4v) is 2.17. The van der Waals surface area contributed by atoms with Crippen LogP contribution < -0.4 is 5.73 Å². The van der Waals surface area contributed by atoms with Gasteiger partial charge in [-0.3, -0.25) is 4.79 Å². The summed E-state index contributed by atoms with van der Waals surface area (Å²) < 4.78 is 5.45. The number of nitrogens with zero attached hydrogens (tertiary/aromatic N) is 3. The first-order valence-electron chi connectivity index (χ1n) is 6.03. The van der Waals surface area contributed by atoms with Crippen LogP contribution in [0.25, 0.3) is 11.5 Å². The number of nitrogens with two attached hydrogens (primary N) is 1. The lowest BCUT2D eigenvalue weighted by Crippen LogP contribution is -2.10. The Morgan fingerprint density at radius 1 is 1.38 bits per heavy atom. The normalized spacial score (nSPS) is 11.6. The fraction of sp³-hybridized carbons (Fsp3) is 0.143. The molecular formula is C14H12N4O2S. The molecular weight excluding hydrogens is 288 g/mol. The van der Waals surface area contributed by atoms with Gasteiger partial charge < -0.3 is 10.2 Å². The standard InChI is InChI=1S/C14H12N4O2S/c1-9(16)11(7-15)12(19)8-21-14-18-17-13(20-14)10-5-3-2-4-6-10/h2-6H,8,16H2,1H3. The van der Waals surface area contributed by atoms with Crippen molar-refractivity contribution >= 4 is 17.5 Å². The summed E-state index contributed by atoms with van der Waals surface area (Å²) in [6, 6.07) is 11.1. The minimum absolute atomic E-state index is 0.0217. The molecule has 2 N–H and O–H groups in total. The first-order valence-corrected chi connectivity index (χ1v) is 7.01. The van der Waals surface area contributed by atoms with Gasteiger partial charge in [0.1, 0.15) is 11.6 Å². The molecule has 2 aromatic rings. The number of thioether (sulfide) groups is 1. The van der Waals surface area contributed by atoms with E-state index in [1.54, 1.807) is 6.07 Å². The molecule has 2 rings (SSSR count). The van der Waals surface area contributed by atoms with Crippen molar-refractivity contribution in [1.82, 2.24) is 10.2 Å². The lowest BCUT2D eigenvalue weighted by atomic mass is 10.2. The maximum absolute atomic E-state index is 11.8. The van der Waals surface area contributed by atoms with Gasteiger partial charge in [-0.15, -0.1) is 10.2 Å². The van der Waals surface area contributed by atoms with Crippen molar-refractivity contribution < 1.29 is 9.21 Å². The zero-order chi connectivity index (χ0) is 15.2. The number of Topliss-reactive ketones (excluding diaryl/α,β-unsaturated/α-hetero) is 1. The number of aromatic nitrogens is 2. The number of hydrogen-bond donors (Lipinski definition) is 1. The average Bonchev–Trinajstić information content (AvgIpc) is 2.95. The van der Waals surface area contributed by atoms with Crippen molar-refractivity contribution in [3.8, 4) is 17.5 Å². The van der Waals surface area contributed by atoms with Gasteiger partial charge in [0.05, 0.1) is 5.75 Å². The number of carbonyl (C=O) groups excluding carboxylic acids is 1. The van der Waals surface area contributed by atoms with Gasteiger partial charge in [-0.2, -0.15) is 5.26 Å². The molecule has 0 radical (unpaired) electrons. The van der Waals surface area contributed by atoms with Crippen LogP contribution in [-0.4, -0.2) is 21.7 Å². The number of nitriles is 1. The van der Waals surface area contributed by atoms with Gasteiger partial charge in [-0.25, -0.2) is 0 Å². The summed E-state index contributed by atoms with van der Waals surface area (Å²) in [7, 11) is 0. The predicted molar refractivity (Wildman–Crippen MR) is 78.0 cm³/mol. The molecule has 0 fully saturated rings. The molecule has 21 heavy (non-hydrogen) atoms. The van der Waals surface area contributed by atoms with Crippen LogP contribution in [0.3, 0.4) is 0 Å². The van der Waals surface area contributed by atoms with Crippen molar-refractivity contribution in [1.29, 1.82) is 5.26 Å². The third-order valence-electron chi connectivity index (χ3n) is 2.54. The first kappa shape index (κ1) is 14.8. The largest absolute Gasteiger partial charge is 0.411 e. The summed E-state index contributed by atoms with van der Waals surface area (Å²) >= 11 is 1.07. The van der Waals surface area contributed by atoms with E-state index >= 15 is 0 Å². The highest BCUT2D eigenvalue weighted by molar-refractivity contribution is 7.99. The van der Waals surface area contributed by atoms with Crippen LogP contribution in [0.5, 0.6) is 0 Å². The second-order valence-corrected chi connectivity index (χ2v) is 5.05. The molecule has 0 unspecified atom stereocenters. The predicted octanol–water partition coefficient (Wildman–Crippen LogP) is 2.15. The van der Waals surface area contributed by atoms with Gasteiger partial charge in [-0.1, -0.05) is 30.0 Å². The van der Waals surface area contributed by atoms with Crippen molar-refractivity contribution in [3.05, 3.63) is 41.6 Å². The minimum atomic E-state index is -0.359. The average molecular weight is 300 g/mol. The molecule has 0 spiro atoms. The Morgan fingerprint density at radius 3 is 2.71 bits per heavy atom. The van der Waals surface area contributed by atoms with E-state index in [2.05, 4.69) is 10.2 Å². The van der Waals surface area contributed by atoms with Gasteiger partial charge in [0.15, 0.2) is 5.78 Å². The Hall–Kier alpha value is -2.59. The minimum Gasteiger partial charge on any atom is -0.411 e. The molecule has 0 aliphatic heterocycles. The van der Waals surface area contributed by atoms with E-state index in [4.69, 9.17) is 15.4 Å². The van der Waals surface area contributed by atoms with E-state index in [9.17, 15) is 4.79 Å². The number of carbonyl (C=O) groups is 1. The summed E-state index contributed by atoms with van der Waals surface area (Å²) in [6.07, 6.45) is 0. The van der Waals surface area contributed by atoms with Crippen LogP contribution >= 0.6 is 11.8 Å². The summed E-state index contributed by atoms with van der Waals surface area (Å²) in [4.78, 5) is 11.8. The highest BCUT2D eigenvalue weighted by Gasteiger charge is 2.15. The Kier molecular flexibility index (Phi) is 4.74. The maximum Gasteiger partial charge on any atom is 0.277 e. The summed E-state index contributed by atoms with van der Waals surface area (Å²) in [5, 5.41) is 16.9. The Balaban J connectivity index is 2.03. The first-order chi connectivity index (χ1) is 10.1. The van der Waals surface area contributed by atoms with E-state index in [0.29, 0.717) is 5.89 Å².